The number of methoxy groups -OCH3 is 1. The summed E-state index contributed by atoms with van der Waals surface area (Å²) >= 11 is 0. The van der Waals surface area contributed by atoms with Crippen LogP contribution in [0.3, 0.4) is 0 Å². The molecule has 0 spiro atoms. The van der Waals surface area contributed by atoms with Gasteiger partial charge in [-0.15, -0.1) is 0 Å². The smallest absolute Gasteiger partial charge is 0.308 e. The molecule has 2 N–H and O–H groups in total. The van der Waals surface area contributed by atoms with Crippen molar-refractivity contribution in [1.82, 2.24) is 9.80 Å². The van der Waals surface area contributed by atoms with Crippen LogP contribution >= 0.6 is 0 Å². The normalized spacial score (nSPS) is 28.2. The van der Waals surface area contributed by atoms with Crippen molar-refractivity contribution < 1.29 is 34.0 Å². The van der Waals surface area contributed by atoms with Gasteiger partial charge in [0.05, 0.1) is 19.2 Å². The summed E-state index contributed by atoms with van der Waals surface area (Å²) in [5.74, 6) is 1.95. The van der Waals surface area contributed by atoms with Crippen molar-refractivity contribution in [3.05, 3.63) is 39.4 Å². The molecule has 0 aliphatic carbocycles. The van der Waals surface area contributed by atoms with Gasteiger partial charge < -0.3 is 29.2 Å². The second-order valence-electron chi connectivity index (χ2n) is 10.3. The van der Waals surface area contributed by atoms with Crippen LogP contribution in [0.25, 0.3) is 0 Å². The number of carbonyl (C=O) groups is 1. The number of aliphatic hydroxyl groups excluding tert-OH is 1. The number of fused-ring (bicyclic) bond motifs is 9. The Kier molecular flexibility index (Phi) is 5.19. The van der Waals surface area contributed by atoms with E-state index in [0.29, 0.717) is 35.8 Å². The Bertz CT molecular complexity index is 1290. The summed E-state index contributed by atoms with van der Waals surface area (Å²) in [7, 11) is 3.57. The highest BCUT2D eigenvalue weighted by atomic mass is 16.7. The lowest BCUT2D eigenvalue weighted by Crippen LogP contribution is -2.68. The quantitative estimate of drug-likeness (QED) is 0.480. The van der Waals surface area contributed by atoms with Crippen molar-refractivity contribution in [3.63, 3.8) is 0 Å². The molecular formula is C27H32N2O7. The second-order valence-corrected chi connectivity index (χ2v) is 10.3. The molecule has 0 saturated carbocycles. The van der Waals surface area contributed by atoms with Crippen LogP contribution in [0.15, 0.2) is 6.07 Å². The number of hydrogen-bond donors (Lipinski definition) is 2. The first-order chi connectivity index (χ1) is 17.1. The first-order valence-electron chi connectivity index (χ1n) is 12.4. The molecule has 0 radical (unpaired) electrons. The van der Waals surface area contributed by atoms with E-state index in [2.05, 4.69) is 15.9 Å². The van der Waals surface area contributed by atoms with E-state index >= 15 is 0 Å². The number of aromatic hydroxyl groups is 1. The number of nitrogens with zero attached hydrogens (tertiary/aromatic N) is 2. The van der Waals surface area contributed by atoms with Crippen LogP contribution in [0.5, 0.6) is 28.7 Å². The molecule has 0 amide bonds. The molecule has 1 unspecified atom stereocenters. The number of hydrogen-bond acceptors (Lipinski definition) is 9. The minimum Gasteiger partial charge on any atom is -0.504 e. The zero-order valence-corrected chi connectivity index (χ0v) is 21.4. The van der Waals surface area contributed by atoms with Gasteiger partial charge in [-0.2, -0.15) is 0 Å². The Balaban J connectivity index is 1.58. The van der Waals surface area contributed by atoms with Gasteiger partial charge in [0.25, 0.3) is 0 Å². The summed E-state index contributed by atoms with van der Waals surface area (Å²) in [6.07, 6.45) is 0.358. The van der Waals surface area contributed by atoms with Crippen LogP contribution in [-0.4, -0.2) is 65.2 Å². The van der Waals surface area contributed by atoms with Crippen molar-refractivity contribution in [2.24, 2.45) is 0 Å². The Labute approximate surface area is 210 Å². The molecule has 4 aliphatic heterocycles. The van der Waals surface area contributed by atoms with Crippen LogP contribution in [0.4, 0.5) is 0 Å². The van der Waals surface area contributed by atoms with Gasteiger partial charge in [0.15, 0.2) is 23.0 Å². The minimum atomic E-state index is -0.742. The Hall–Kier alpha value is -3.01. The minimum absolute atomic E-state index is 0.0964. The lowest BCUT2D eigenvalue weighted by molar-refractivity contribution is -0.169. The molecule has 4 aliphatic rings. The lowest BCUT2D eigenvalue weighted by Gasteiger charge is -2.59. The van der Waals surface area contributed by atoms with Crippen molar-refractivity contribution in [1.29, 1.82) is 0 Å². The molecule has 1 fully saturated rings. The van der Waals surface area contributed by atoms with E-state index < -0.39 is 12.2 Å². The average molecular weight is 497 g/mol. The molecule has 2 aromatic carbocycles. The predicted octanol–water partition coefficient (Wildman–Crippen LogP) is 2.89. The highest BCUT2D eigenvalue weighted by molar-refractivity contribution is 5.74. The molecule has 192 valence electrons. The standard InChI is InChI=1S/C27H32N2O7/c1-11-7-15-8-18-27(32)29-13(3)19-16(24(36-14(4)30)12(2)25-26(19)35-10-34-25)9-17(29)21(28(18)5)20(15)22(31)23(11)33-6/h7,13,17-18,21,27,31-32H,8-10H2,1-6H3/t13-,17?,18+,21+,27-/m0/s1. The third-order valence-electron chi connectivity index (χ3n) is 8.51. The maximum Gasteiger partial charge on any atom is 0.308 e. The Morgan fingerprint density at radius 3 is 2.53 bits per heavy atom. The number of aryl methyl sites for hydroxylation is 1. The van der Waals surface area contributed by atoms with Crippen LogP contribution in [0.1, 0.15) is 59.3 Å². The molecule has 2 bridgehead atoms. The molecule has 2 aromatic rings. The zero-order chi connectivity index (χ0) is 25.6. The van der Waals surface area contributed by atoms with Gasteiger partial charge >= 0.3 is 5.97 Å². The number of aliphatic hydroxyl groups is 1. The van der Waals surface area contributed by atoms with Gasteiger partial charge in [0, 0.05) is 41.3 Å². The second kappa shape index (κ2) is 7.99. The van der Waals surface area contributed by atoms with E-state index in [0.717, 1.165) is 33.4 Å². The molecule has 9 nitrogen and oxygen atoms in total. The van der Waals surface area contributed by atoms with Crippen molar-refractivity contribution in [2.45, 2.75) is 70.9 Å². The van der Waals surface area contributed by atoms with Crippen LogP contribution in [0.2, 0.25) is 0 Å². The third kappa shape index (κ3) is 2.96. The number of phenolic OH excluding ortho intramolecular Hbond substituents is 1. The highest BCUT2D eigenvalue weighted by Gasteiger charge is 2.55. The van der Waals surface area contributed by atoms with Crippen LogP contribution in [-0.2, 0) is 17.6 Å². The van der Waals surface area contributed by atoms with Crippen molar-refractivity contribution in [2.75, 3.05) is 21.0 Å². The molecule has 6 rings (SSSR count). The number of ether oxygens (including phenoxy) is 4. The first-order valence-corrected chi connectivity index (χ1v) is 12.4. The molecular weight excluding hydrogens is 464 g/mol. The number of carbonyl (C=O) groups excluding carboxylic acids is 1. The van der Waals surface area contributed by atoms with Crippen LogP contribution < -0.4 is 18.9 Å². The third-order valence-corrected chi connectivity index (χ3v) is 8.51. The molecule has 5 atom stereocenters. The summed E-state index contributed by atoms with van der Waals surface area (Å²) < 4.78 is 23.0. The number of benzene rings is 2. The largest absolute Gasteiger partial charge is 0.504 e. The maximum absolute atomic E-state index is 12.1. The molecule has 0 aromatic heterocycles. The van der Waals surface area contributed by atoms with Gasteiger partial charge in [0.2, 0.25) is 6.79 Å². The predicted molar refractivity (Wildman–Crippen MR) is 130 cm³/mol. The number of piperazine rings is 1. The van der Waals surface area contributed by atoms with Crippen molar-refractivity contribution in [3.8, 4) is 28.7 Å². The number of phenols is 1. The highest BCUT2D eigenvalue weighted by Crippen LogP contribution is 2.58. The monoisotopic (exact) mass is 496 g/mol. The summed E-state index contributed by atoms with van der Waals surface area (Å²) in [4.78, 5) is 16.4. The average Bonchev–Trinajstić information content (AvgIpc) is 3.30. The van der Waals surface area contributed by atoms with E-state index in [1.165, 1.54) is 6.92 Å². The summed E-state index contributed by atoms with van der Waals surface area (Å²) in [6, 6.07) is 1.27. The van der Waals surface area contributed by atoms with Gasteiger partial charge in [-0.25, -0.2) is 0 Å². The van der Waals surface area contributed by atoms with Crippen molar-refractivity contribution >= 4 is 5.97 Å². The number of likely N-dealkylation sites (N-methyl/N-ethyl adjacent to an activating group) is 1. The van der Waals surface area contributed by atoms with E-state index in [9.17, 15) is 15.0 Å². The van der Waals surface area contributed by atoms with E-state index in [4.69, 9.17) is 18.9 Å². The van der Waals surface area contributed by atoms with Gasteiger partial charge in [0.1, 0.15) is 12.0 Å². The summed E-state index contributed by atoms with van der Waals surface area (Å²) in [6.45, 7) is 7.32. The molecule has 1 saturated heterocycles. The molecule has 9 heteroatoms. The number of rotatable bonds is 2. The Morgan fingerprint density at radius 2 is 1.83 bits per heavy atom. The van der Waals surface area contributed by atoms with E-state index in [-0.39, 0.29) is 36.7 Å². The van der Waals surface area contributed by atoms with E-state index in [1.54, 1.807) is 7.11 Å². The van der Waals surface area contributed by atoms with Crippen LogP contribution in [0, 0.1) is 13.8 Å². The van der Waals surface area contributed by atoms with Gasteiger partial charge in [-0.3, -0.25) is 14.6 Å². The lowest BCUT2D eigenvalue weighted by atomic mass is 9.73. The topological polar surface area (TPSA) is 101 Å². The van der Waals surface area contributed by atoms with Gasteiger partial charge in [-0.1, -0.05) is 6.07 Å². The maximum atomic E-state index is 12.1. The SMILES string of the molecule is COc1c(C)cc2c(c1O)[C@H]1C3Cc4c(OC(C)=O)c(C)c5c(c4[C@H](C)N3[C@@H](O)[C@@H](C2)N1C)OCO5. The molecule has 36 heavy (non-hydrogen) atoms. The fourth-order valence-electron chi connectivity index (χ4n) is 7.10. The fraction of sp³-hybridized carbons (Fsp3) is 0.519. The summed E-state index contributed by atoms with van der Waals surface area (Å²) in [5, 5.41) is 23.1. The summed E-state index contributed by atoms with van der Waals surface area (Å²) in [5.41, 5.74) is 5.21. The Morgan fingerprint density at radius 1 is 1.11 bits per heavy atom. The number of esters is 1. The fourth-order valence-corrected chi connectivity index (χ4v) is 7.10. The zero-order valence-electron chi connectivity index (χ0n) is 21.4. The van der Waals surface area contributed by atoms with Gasteiger partial charge in [-0.05, 0) is 51.8 Å². The molecule has 4 heterocycles. The van der Waals surface area contributed by atoms with E-state index in [1.807, 2.05) is 27.8 Å². The first kappa shape index (κ1) is 23.4.